The molecule has 1 aromatic carbocycles. The van der Waals surface area contributed by atoms with E-state index in [1.807, 2.05) is 56.1 Å². The summed E-state index contributed by atoms with van der Waals surface area (Å²) in [6.07, 6.45) is 4.76. The number of hydrogen-bond donors (Lipinski definition) is 3. The molecule has 1 saturated heterocycles. The number of rotatable bonds is 4. The Morgan fingerprint density at radius 3 is 2.55 bits per heavy atom. The molecular formula is C24H28N6O. The van der Waals surface area contributed by atoms with Crippen LogP contribution in [0, 0.1) is 31.6 Å². The topological polar surface area (TPSA) is 102 Å². The maximum Gasteiger partial charge on any atom is 0.253 e. The highest BCUT2D eigenvalue weighted by atomic mass is 16.2. The SMILES string of the molecule is Cc1nc(-c2cc(C(=O)N3CCC(c4ccc(=N)n(C=N)c4)CC3)ccc2C)c(C)[nH]1. The van der Waals surface area contributed by atoms with Crippen molar-refractivity contribution in [3.63, 3.8) is 0 Å². The zero-order chi connectivity index (χ0) is 22.1. The summed E-state index contributed by atoms with van der Waals surface area (Å²) in [6.45, 7) is 7.37. The molecule has 3 heterocycles. The van der Waals surface area contributed by atoms with Crippen molar-refractivity contribution in [2.24, 2.45) is 0 Å². The minimum atomic E-state index is 0.0562. The molecule has 2 aromatic heterocycles. The van der Waals surface area contributed by atoms with Gasteiger partial charge in [-0.1, -0.05) is 12.1 Å². The second kappa shape index (κ2) is 8.34. The Labute approximate surface area is 181 Å². The molecule has 1 aliphatic rings. The zero-order valence-corrected chi connectivity index (χ0v) is 18.2. The van der Waals surface area contributed by atoms with E-state index in [0.717, 1.165) is 53.1 Å². The molecular weight excluding hydrogens is 388 g/mol. The van der Waals surface area contributed by atoms with E-state index in [-0.39, 0.29) is 5.91 Å². The number of carbonyl (C=O) groups excluding carboxylic acids is 1. The van der Waals surface area contributed by atoms with Gasteiger partial charge in [0.1, 0.15) is 11.3 Å². The molecule has 1 aliphatic heterocycles. The van der Waals surface area contributed by atoms with E-state index in [1.165, 1.54) is 4.57 Å². The van der Waals surface area contributed by atoms with Crippen LogP contribution in [0.15, 0.2) is 36.5 Å². The fourth-order valence-corrected chi connectivity index (χ4v) is 4.36. The van der Waals surface area contributed by atoms with Gasteiger partial charge in [-0.25, -0.2) is 4.98 Å². The highest BCUT2D eigenvalue weighted by Gasteiger charge is 2.25. The Bertz CT molecular complexity index is 1200. The predicted octanol–water partition coefficient (Wildman–Crippen LogP) is 3.76. The molecule has 0 radical (unpaired) electrons. The minimum Gasteiger partial charge on any atom is -0.346 e. The van der Waals surface area contributed by atoms with Gasteiger partial charge >= 0.3 is 0 Å². The van der Waals surface area contributed by atoms with Gasteiger partial charge in [-0.2, -0.15) is 0 Å². The molecule has 0 spiro atoms. The molecule has 0 aliphatic carbocycles. The first-order chi connectivity index (χ1) is 14.9. The van der Waals surface area contributed by atoms with Crippen molar-refractivity contribution in [1.29, 1.82) is 10.8 Å². The number of likely N-dealkylation sites (tertiary alicyclic amines) is 1. The van der Waals surface area contributed by atoms with Crippen molar-refractivity contribution < 1.29 is 4.79 Å². The van der Waals surface area contributed by atoms with Crippen molar-refractivity contribution in [3.8, 4) is 11.3 Å². The van der Waals surface area contributed by atoms with E-state index in [0.29, 0.717) is 30.1 Å². The van der Waals surface area contributed by atoms with Crippen LogP contribution < -0.4 is 5.49 Å². The Morgan fingerprint density at radius 2 is 1.90 bits per heavy atom. The van der Waals surface area contributed by atoms with E-state index in [9.17, 15) is 4.79 Å². The van der Waals surface area contributed by atoms with Gasteiger partial charge in [0.2, 0.25) is 0 Å². The van der Waals surface area contributed by atoms with E-state index >= 15 is 0 Å². The number of aryl methyl sites for hydroxylation is 3. The Hall–Kier alpha value is -3.48. The number of aromatic nitrogens is 3. The molecule has 3 N–H and O–H groups in total. The second-order valence-electron chi connectivity index (χ2n) is 8.28. The number of amides is 1. The van der Waals surface area contributed by atoms with E-state index in [4.69, 9.17) is 10.8 Å². The average Bonchev–Trinajstić information content (AvgIpc) is 3.11. The average molecular weight is 417 g/mol. The first-order valence-electron chi connectivity index (χ1n) is 10.6. The molecule has 3 aromatic rings. The lowest BCUT2D eigenvalue weighted by atomic mass is 9.90. The molecule has 0 atom stereocenters. The molecule has 0 bridgehead atoms. The summed E-state index contributed by atoms with van der Waals surface area (Å²) in [7, 11) is 0. The predicted molar refractivity (Wildman–Crippen MR) is 121 cm³/mol. The fourth-order valence-electron chi connectivity index (χ4n) is 4.36. The van der Waals surface area contributed by atoms with Gasteiger partial charge in [-0.05, 0) is 68.9 Å². The molecule has 0 saturated carbocycles. The molecule has 1 amide bonds. The van der Waals surface area contributed by atoms with Gasteiger partial charge in [0.25, 0.3) is 5.91 Å². The standard InChI is InChI=1S/C24H28N6O/c1-15-4-5-19(12-21(15)23-16(2)27-17(3)28-23)24(31)29-10-8-18(9-11-29)20-6-7-22(26)30(13-20)14-25/h4-7,12-14,18,25-26H,8-11H2,1-3H3,(H,27,28). The van der Waals surface area contributed by atoms with Crippen LogP contribution in [0.2, 0.25) is 0 Å². The third kappa shape index (κ3) is 4.08. The normalized spacial score (nSPS) is 14.6. The summed E-state index contributed by atoms with van der Waals surface area (Å²) < 4.78 is 1.51. The van der Waals surface area contributed by atoms with Crippen molar-refractivity contribution >= 4 is 12.2 Å². The lowest BCUT2D eigenvalue weighted by Crippen LogP contribution is -2.38. The number of aromatic amines is 1. The number of benzene rings is 1. The van der Waals surface area contributed by atoms with Crippen LogP contribution in [0.1, 0.15) is 51.8 Å². The largest absolute Gasteiger partial charge is 0.346 e. The van der Waals surface area contributed by atoms with Gasteiger partial charge in [0.15, 0.2) is 0 Å². The summed E-state index contributed by atoms with van der Waals surface area (Å²) in [6, 6.07) is 9.56. The first kappa shape index (κ1) is 20.8. The molecule has 160 valence electrons. The number of pyridine rings is 1. The highest BCUT2D eigenvalue weighted by Crippen LogP contribution is 2.30. The van der Waals surface area contributed by atoms with Crippen molar-refractivity contribution in [2.75, 3.05) is 13.1 Å². The zero-order valence-electron chi connectivity index (χ0n) is 18.2. The summed E-state index contributed by atoms with van der Waals surface area (Å²) in [5.74, 6) is 1.26. The molecule has 1 fully saturated rings. The third-order valence-electron chi connectivity index (χ3n) is 6.14. The van der Waals surface area contributed by atoms with Crippen molar-refractivity contribution in [1.82, 2.24) is 19.4 Å². The minimum absolute atomic E-state index is 0.0562. The smallest absolute Gasteiger partial charge is 0.253 e. The number of imidazole rings is 1. The number of carbonyl (C=O) groups is 1. The van der Waals surface area contributed by atoms with Crippen LogP contribution in [-0.4, -0.2) is 44.8 Å². The van der Waals surface area contributed by atoms with Gasteiger partial charge in [-0.15, -0.1) is 0 Å². The summed E-state index contributed by atoms with van der Waals surface area (Å²) in [5.41, 5.74) is 6.11. The monoisotopic (exact) mass is 416 g/mol. The number of hydrogen-bond acceptors (Lipinski definition) is 4. The van der Waals surface area contributed by atoms with Crippen LogP contribution in [0.4, 0.5) is 0 Å². The van der Waals surface area contributed by atoms with Gasteiger partial charge in [0, 0.05) is 36.1 Å². The summed E-state index contributed by atoms with van der Waals surface area (Å²) in [5, 5.41) is 15.3. The molecule has 7 nitrogen and oxygen atoms in total. The van der Waals surface area contributed by atoms with Crippen LogP contribution >= 0.6 is 0 Å². The van der Waals surface area contributed by atoms with Gasteiger partial charge < -0.3 is 9.88 Å². The Kier molecular flexibility index (Phi) is 5.59. The third-order valence-corrected chi connectivity index (χ3v) is 6.14. The summed E-state index contributed by atoms with van der Waals surface area (Å²) >= 11 is 0. The summed E-state index contributed by atoms with van der Waals surface area (Å²) in [4.78, 5) is 23.0. The maximum atomic E-state index is 13.2. The van der Waals surface area contributed by atoms with Crippen molar-refractivity contribution in [2.45, 2.75) is 39.5 Å². The van der Waals surface area contributed by atoms with Crippen LogP contribution in [0.3, 0.4) is 0 Å². The quantitative estimate of drug-likeness (QED) is 0.445. The second-order valence-corrected chi connectivity index (χ2v) is 8.28. The molecule has 0 unspecified atom stereocenters. The first-order valence-corrected chi connectivity index (χ1v) is 10.6. The van der Waals surface area contributed by atoms with Gasteiger partial charge in [0.05, 0.1) is 12.0 Å². The number of nitrogens with zero attached hydrogens (tertiary/aromatic N) is 3. The maximum absolute atomic E-state index is 13.2. The Morgan fingerprint density at radius 1 is 1.16 bits per heavy atom. The van der Waals surface area contributed by atoms with E-state index < -0.39 is 0 Å². The van der Waals surface area contributed by atoms with Crippen LogP contribution in [0.25, 0.3) is 11.3 Å². The highest BCUT2D eigenvalue weighted by molar-refractivity contribution is 5.95. The van der Waals surface area contributed by atoms with E-state index in [2.05, 4.69) is 9.97 Å². The van der Waals surface area contributed by atoms with Crippen LogP contribution in [0.5, 0.6) is 0 Å². The van der Waals surface area contributed by atoms with E-state index in [1.54, 1.807) is 6.07 Å². The van der Waals surface area contributed by atoms with Gasteiger partial charge in [-0.3, -0.25) is 20.2 Å². The lowest BCUT2D eigenvalue weighted by molar-refractivity contribution is 0.0713. The molecule has 31 heavy (non-hydrogen) atoms. The van der Waals surface area contributed by atoms with Crippen molar-refractivity contribution in [3.05, 3.63) is 70.2 Å². The van der Waals surface area contributed by atoms with Crippen LogP contribution in [-0.2, 0) is 0 Å². The Balaban J connectivity index is 1.50. The number of nitrogens with one attached hydrogen (secondary N) is 3. The number of H-pyrrole nitrogens is 1. The lowest BCUT2D eigenvalue weighted by Gasteiger charge is -2.32. The molecule has 4 rings (SSSR count). The fraction of sp³-hybridized carbons (Fsp3) is 0.333. The number of piperidine rings is 1. The molecule has 7 heteroatoms.